The Morgan fingerprint density at radius 1 is 0.867 bits per heavy atom. The number of aromatic amines is 1. The van der Waals surface area contributed by atoms with E-state index in [0.717, 1.165) is 33.5 Å². The molecule has 0 saturated heterocycles. The van der Waals surface area contributed by atoms with Crippen LogP contribution in [0.3, 0.4) is 0 Å². The van der Waals surface area contributed by atoms with Crippen molar-refractivity contribution in [2.75, 3.05) is 33.7 Å². The van der Waals surface area contributed by atoms with Crippen molar-refractivity contribution < 1.29 is 14.2 Å². The lowest BCUT2D eigenvalue weighted by Gasteiger charge is -2.13. The number of fused-ring (bicyclic) bond motifs is 1. The van der Waals surface area contributed by atoms with Gasteiger partial charge in [0.1, 0.15) is 0 Å². The van der Waals surface area contributed by atoms with E-state index in [2.05, 4.69) is 51.7 Å². The van der Waals surface area contributed by atoms with Crippen molar-refractivity contribution in [3.63, 3.8) is 0 Å². The van der Waals surface area contributed by atoms with Crippen molar-refractivity contribution in [2.45, 2.75) is 6.92 Å². The molecule has 0 unspecified atom stereocenters. The summed E-state index contributed by atoms with van der Waals surface area (Å²) >= 11 is 0. The van der Waals surface area contributed by atoms with Crippen LogP contribution in [0.25, 0.3) is 33.4 Å². The third kappa shape index (κ3) is 3.28. The number of H-pyrrole nitrogens is 1. The summed E-state index contributed by atoms with van der Waals surface area (Å²) in [6, 6.07) is 12.2. The third-order valence-corrected chi connectivity index (χ3v) is 5.20. The highest BCUT2D eigenvalue weighted by Gasteiger charge is 2.17. The molecule has 0 aliphatic carbocycles. The zero-order valence-electron chi connectivity index (χ0n) is 17.7. The minimum atomic E-state index is 0.547. The van der Waals surface area contributed by atoms with Crippen LogP contribution in [-0.4, -0.2) is 43.6 Å². The van der Waals surface area contributed by atoms with Gasteiger partial charge in [-0.05, 0) is 42.3 Å². The molecule has 0 aliphatic heterocycles. The summed E-state index contributed by atoms with van der Waals surface area (Å²) in [4.78, 5) is 4.55. The molecule has 154 valence electrons. The van der Waals surface area contributed by atoms with Crippen LogP contribution in [0.15, 0.2) is 42.6 Å². The Morgan fingerprint density at radius 3 is 2.23 bits per heavy atom. The monoisotopic (exact) mass is 404 g/mol. The molecule has 7 heteroatoms. The number of rotatable bonds is 6. The average molecular weight is 404 g/mol. The highest BCUT2D eigenvalue weighted by atomic mass is 16.5. The van der Waals surface area contributed by atoms with E-state index in [0.29, 0.717) is 22.9 Å². The second-order valence-corrected chi connectivity index (χ2v) is 6.89. The summed E-state index contributed by atoms with van der Waals surface area (Å²) < 4.78 is 16.4. The number of hydrogen-bond donors (Lipinski definition) is 2. The summed E-state index contributed by atoms with van der Waals surface area (Å²) in [5.41, 5.74) is 6.71. The third-order valence-electron chi connectivity index (χ3n) is 5.20. The van der Waals surface area contributed by atoms with Gasteiger partial charge in [-0.2, -0.15) is 5.10 Å². The highest BCUT2D eigenvalue weighted by molar-refractivity contribution is 5.94. The van der Waals surface area contributed by atoms with E-state index in [4.69, 9.17) is 14.2 Å². The average Bonchev–Trinajstić information content (AvgIpc) is 3.21. The fourth-order valence-electron chi connectivity index (χ4n) is 3.57. The molecule has 4 rings (SSSR count). The number of aromatic nitrogens is 3. The predicted molar refractivity (Wildman–Crippen MR) is 119 cm³/mol. The summed E-state index contributed by atoms with van der Waals surface area (Å²) in [5, 5.41) is 11.6. The number of aryl methyl sites for hydroxylation is 1. The number of hydrogen-bond acceptors (Lipinski definition) is 6. The molecule has 0 fully saturated rings. The van der Waals surface area contributed by atoms with Gasteiger partial charge in [-0.3, -0.25) is 5.10 Å². The largest absolute Gasteiger partial charge is 0.493 e. The van der Waals surface area contributed by atoms with Gasteiger partial charge < -0.3 is 19.5 Å². The molecule has 0 bridgehead atoms. The highest BCUT2D eigenvalue weighted by Crippen LogP contribution is 2.42. The summed E-state index contributed by atoms with van der Waals surface area (Å²) in [6.45, 7) is 2.08. The second kappa shape index (κ2) is 7.94. The van der Waals surface area contributed by atoms with Gasteiger partial charge in [0, 0.05) is 35.4 Å². The number of nitrogens with one attached hydrogen (secondary N) is 2. The molecular weight excluding hydrogens is 380 g/mol. The van der Waals surface area contributed by atoms with Gasteiger partial charge in [0.2, 0.25) is 5.75 Å². The minimum Gasteiger partial charge on any atom is -0.493 e. The van der Waals surface area contributed by atoms with Crippen LogP contribution < -0.4 is 19.5 Å². The maximum absolute atomic E-state index is 5.50. The van der Waals surface area contributed by atoms with Gasteiger partial charge >= 0.3 is 0 Å². The first-order chi connectivity index (χ1) is 14.6. The Morgan fingerprint density at radius 2 is 1.60 bits per heavy atom. The van der Waals surface area contributed by atoms with E-state index >= 15 is 0 Å². The molecule has 30 heavy (non-hydrogen) atoms. The number of pyridine rings is 1. The maximum atomic E-state index is 5.50. The maximum Gasteiger partial charge on any atom is 0.203 e. The number of benzene rings is 2. The number of methoxy groups -OCH3 is 3. The molecule has 7 nitrogen and oxygen atoms in total. The fourth-order valence-corrected chi connectivity index (χ4v) is 3.57. The number of ether oxygens (including phenoxy) is 3. The van der Waals surface area contributed by atoms with Crippen LogP contribution in [0.2, 0.25) is 0 Å². The van der Waals surface area contributed by atoms with Crippen LogP contribution in [0.4, 0.5) is 5.69 Å². The lowest BCUT2D eigenvalue weighted by atomic mass is 10.0. The molecule has 2 aromatic carbocycles. The van der Waals surface area contributed by atoms with Crippen LogP contribution in [-0.2, 0) is 0 Å². The molecule has 2 aromatic heterocycles. The molecular formula is C23H24N4O3. The van der Waals surface area contributed by atoms with Gasteiger partial charge in [-0.15, -0.1) is 0 Å². The Balaban J connectivity index is 1.87. The van der Waals surface area contributed by atoms with Crippen LogP contribution in [0.1, 0.15) is 5.56 Å². The van der Waals surface area contributed by atoms with Crippen molar-refractivity contribution >= 4 is 16.7 Å². The van der Waals surface area contributed by atoms with Crippen LogP contribution >= 0.6 is 0 Å². The van der Waals surface area contributed by atoms with E-state index in [1.54, 1.807) is 21.3 Å². The summed E-state index contributed by atoms with van der Waals surface area (Å²) in [5.74, 6) is 1.71. The first kappa shape index (κ1) is 19.6. The fraction of sp³-hybridized carbons (Fsp3) is 0.217. The standard InChI is InChI=1S/C23H24N4O3/c1-13-6-7-14(9-18(13)24-2)16-8-17-21(26-27-23(17)25-12-16)15-10-19(28-3)22(30-5)20(11-15)29-4/h6-12,24H,1-5H3,(H,25,26,27). The van der Waals surface area contributed by atoms with Gasteiger partial charge in [-0.1, -0.05) is 12.1 Å². The predicted octanol–water partition coefficient (Wildman–Crippen LogP) is 4.67. The van der Waals surface area contributed by atoms with E-state index < -0.39 is 0 Å². The summed E-state index contributed by atoms with van der Waals surface area (Å²) in [6.07, 6.45) is 1.84. The SMILES string of the molecule is CNc1cc(-c2cnc3n[nH]c(-c4cc(OC)c(OC)c(OC)c4)c3c2)ccc1C. The molecule has 0 aliphatic rings. The molecule has 0 amide bonds. The minimum absolute atomic E-state index is 0.547. The van der Waals surface area contributed by atoms with Gasteiger partial charge in [0.05, 0.1) is 27.0 Å². The molecule has 4 aromatic rings. The summed E-state index contributed by atoms with van der Waals surface area (Å²) in [7, 11) is 6.71. The molecule has 0 atom stereocenters. The lowest BCUT2D eigenvalue weighted by Crippen LogP contribution is -1.96. The topological polar surface area (TPSA) is 81.3 Å². The van der Waals surface area contributed by atoms with Crippen molar-refractivity contribution in [3.8, 4) is 39.6 Å². The van der Waals surface area contributed by atoms with Gasteiger partial charge in [-0.25, -0.2) is 4.98 Å². The molecule has 2 N–H and O–H groups in total. The van der Waals surface area contributed by atoms with Crippen molar-refractivity contribution in [1.82, 2.24) is 15.2 Å². The van der Waals surface area contributed by atoms with Crippen LogP contribution in [0, 0.1) is 6.92 Å². The smallest absolute Gasteiger partial charge is 0.203 e. The second-order valence-electron chi connectivity index (χ2n) is 6.89. The molecule has 0 radical (unpaired) electrons. The van der Waals surface area contributed by atoms with E-state index in [-0.39, 0.29) is 0 Å². The van der Waals surface area contributed by atoms with Gasteiger partial charge in [0.15, 0.2) is 17.1 Å². The first-order valence-electron chi connectivity index (χ1n) is 9.52. The molecule has 0 saturated carbocycles. The Hall–Kier alpha value is -3.74. The van der Waals surface area contributed by atoms with E-state index in [1.165, 1.54) is 5.56 Å². The lowest BCUT2D eigenvalue weighted by molar-refractivity contribution is 0.324. The Labute approximate surface area is 175 Å². The van der Waals surface area contributed by atoms with Crippen molar-refractivity contribution in [3.05, 3.63) is 48.2 Å². The quantitative estimate of drug-likeness (QED) is 0.486. The van der Waals surface area contributed by atoms with E-state index in [1.807, 2.05) is 25.4 Å². The zero-order chi connectivity index (χ0) is 21.3. The Kier molecular flexibility index (Phi) is 5.18. The number of anilines is 1. The zero-order valence-corrected chi connectivity index (χ0v) is 17.7. The van der Waals surface area contributed by atoms with E-state index in [9.17, 15) is 0 Å². The molecule has 2 heterocycles. The Bertz CT molecular complexity index is 1190. The normalized spacial score (nSPS) is 10.8. The molecule has 0 spiro atoms. The van der Waals surface area contributed by atoms with Gasteiger partial charge in [0.25, 0.3) is 0 Å². The van der Waals surface area contributed by atoms with Crippen molar-refractivity contribution in [1.29, 1.82) is 0 Å². The number of nitrogens with zero attached hydrogens (tertiary/aromatic N) is 2. The first-order valence-corrected chi connectivity index (χ1v) is 9.52. The van der Waals surface area contributed by atoms with Crippen molar-refractivity contribution in [2.24, 2.45) is 0 Å². The van der Waals surface area contributed by atoms with Crippen LogP contribution in [0.5, 0.6) is 17.2 Å².